The molecular weight excluding hydrogens is 512 g/mol. The van der Waals surface area contributed by atoms with Crippen LogP contribution in [-0.4, -0.2) is 62.8 Å². The fourth-order valence-electron chi connectivity index (χ4n) is 5.14. The second-order valence-corrected chi connectivity index (χ2v) is 10.1. The number of hydrogen-bond acceptors (Lipinski definition) is 7. The zero-order valence-corrected chi connectivity index (χ0v) is 23.4. The number of piperazine rings is 1. The molecule has 0 atom stereocenters. The van der Waals surface area contributed by atoms with Gasteiger partial charge >= 0.3 is 11.7 Å². The van der Waals surface area contributed by atoms with Crippen LogP contribution in [0.5, 0.6) is 0 Å². The van der Waals surface area contributed by atoms with Gasteiger partial charge in [-0.25, -0.2) is 9.59 Å². The summed E-state index contributed by atoms with van der Waals surface area (Å²) in [4.78, 5) is 56.1. The highest BCUT2D eigenvalue weighted by Gasteiger charge is 2.21. The van der Waals surface area contributed by atoms with Crippen LogP contribution in [-0.2, 0) is 19.5 Å². The average molecular weight is 551 g/mol. The Balaban J connectivity index is 1.27. The summed E-state index contributed by atoms with van der Waals surface area (Å²) in [5.41, 5.74) is 1.77. The number of pyridine rings is 1. The second-order valence-electron chi connectivity index (χ2n) is 10.1. The summed E-state index contributed by atoms with van der Waals surface area (Å²) in [6, 6.07) is 8.81. The third kappa shape index (κ3) is 6.71. The molecule has 1 saturated heterocycles. The van der Waals surface area contributed by atoms with Gasteiger partial charge in [0.15, 0.2) is 5.43 Å². The van der Waals surface area contributed by atoms with Crippen LogP contribution in [0.25, 0.3) is 0 Å². The molecule has 2 aromatic heterocycles. The molecule has 1 aliphatic heterocycles. The van der Waals surface area contributed by atoms with Crippen LogP contribution < -0.4 is 26.9 Å². The Kier molecular flexibility index (Phi) is 9.26. The van der Waals surface area contributed by atoms with Gasteiger partial charge in [0, 0.05) is 63.3 Å². The van der Waals surface area contributed by atoms with Crippen molar-refractivity contribution >= 4 is 23.3 Å². The van der Waals surface area contributed by atoms with Crippen molar-refractivity contribution in [2.75, 3.05) is 42.9 Å². The molecule has 1 aromatic carbocycles. The van der Waals surface area contributed by atoms with E-state index in [0.717, 1.165) is 57.1 Å². The smallest absolute Gasteiger partial charge is 0.341 e. The minimum atomic E-state index is -1.21. The molecule has 214 valence electrons. The molecule has 0 unspecified atom stereocenters. The lowest BCUT2D eigenvalue weighted by atomic mass is 10.1. The number of aromatic amines is 1. The van der Waals surface area contributed by atoms with Crippen molar-refractivity contribution < 1.29 is 9.90 Å². The van der Waals surface area contributed by atoms with E-state index in [9.17, 15) is 24.3 Å². The van der Waals surface area contributed by atoms with E-state index in [1.54, 1.807) is 4.57 Å². The van der Waals surface area contributed by atoms with Gasteiger partial charge in [0.25, 0.3) is 5.56 Å². The predicted octanol–water partition coefficient (Wildman–Crippen LogP) is 2.63. The van der Waals surface area contributed by atoms with Crippen LogP contribution in [0.2, 0.25) is 0 Å². The Morgan fingerprint density at radius 1 is 1.00 bits per heavy atom. The monoisotopic (exact) mass is 550 g/mol. The molecule has 0 amide bonds. The third-order valence-electron chi connectivity index (χ3n) is 7.51. The number of aromatic carboxylic acids is 1. The molecule has 0 spiro atoms. The van der Waals surface area contributed by atoms with E-state index in [2.05, 4.69) is 33.9 Å². The van der Waals surface area contributed by atoms with Crippen molar-refractivity contribution in [1.29, 1.82) is 0 Å². The lowest BCUT2D eigenvalue weighted by Gasteiger charge is -2.37. The number of H-pyrrole nitrogens is 1. The first kappa shape index (κ1) is 28.9. The lowest BCUT2D eigenvalue weighted by Crippen LogP contribution is -2.47. The SMILES string of the molecule is CCc1cc(Nc2cc(=O)n(CCCCN3CCN(c4cc(=O)c(C(=O)O)cn4CC)CC3)c(=O)[nH]2)ccc1C. The van der Waals surface area contributed by atoms with Gasteiger partial charge in [0.1, 0.15) is 17.2 Å². The Bertz CT molecular complexity index is 1500. The molecule has 1 fully saturated rings. The van der Waals surface area contributed by atoms with Gasteiger partial charge in [-0.3, -0.25) is 24.0 Å². The van der Waals surface area contributed by atoms with Crippen molar-refractivity contribution in [3.8, 4) is 0 Å². The molecular formula is C29H38N6O5. The Labute approximate surface area is 232 Å². The first-order chi connectivity index (χ1) is 19.2. The Morgan fingerprint density at radius 2 is 1.73 bits per heavy atom. The van der Waals surface area contributed by atoms with Crippen LogP contribution in [0.4, 0.5) is 17.3 Å². The van der Waals surface area contributed by atoms with Gasteiger partial charge in [0.05, 0.1) is 0 Å². The molecule has 0 aliphatic carbocycles. The van der Waals surface area contributed by atoms with Crippen molar-refractivity contribution in [3.63, 3.8) is 0 Å². The number of anilines is 3. The van der Waals surface area contributed by atoms with Crippen molar-refractivity contribution in [1.82, 2.24) is 19.0 Å². The van der Waals surface area contributed by atoms with Crippen LogP contribution in [0.15, 0.2) is 50.9 Å². The van der Waals surface area contributed by atoms with Gasteiger partial charge in [-0.2, -0.15) is 0 Å². The van der Waals surface area contributed by atoms with E-state index in [4.69, 9.17) is 0 Å². The van der Waals surface area contributed by atoms with Gasteiger partial charge in [-0.05, 0) is 62.9 Å². The van der Waals surface area contributed by atoms with Crippen LogP contribution in [0.1, 0.15) is 48.2 Å². The highest BCUT2D eigenvalue weighted by molar-refractivity contribution is 5.87. The summed E-state index contributed by atoms with van der Waals surface area (Å²) >= 11 is 0. The van der Waals surface area contributed by atoms with Gasteiger partial charge in [-0.1, -0.05) is 13.0 Å². The van der Waals surface area contributed by atoms with E-state index in [-0.39, 0.29) is 11.1 Å². The summed E-state index contributed by atoms with van der Waals surface area (Å²) in [6.07, 6.45) is 3.85. The Morgan fingerprint density at radius 3 is 2.38 bits per heavy atom. The van der Waals surface area contributed by atoms with Crippen LogP contribution in [0, 0.1) is 6.92 Å². The topological polar surface area (TPSA) is 133 Å². The number of nitrogens with zero attached hydrogens (tertiary/aromatic N) is 4. The number of carboxylic acids is 1. The maximum absolute atomic E-state index is 12.7. The molecule has 0 radical (unpaired) electrons. The lowest BCUT2D eigenvalue weighted by molar-refractivity contribution is 0.0694. The average Bonchev–Trinajstić information content (AvgIpc) is 2.93. The third-order valence-corrected chi connectivity index (χ3v) is 7.51. The van der Waals surface area contributed by atoms with Crippen molar-refractivity contribution in [3.05, 3.63) is 84.3 Å². The molecule has 3 aromatic rings. The quantitative estimate of drug-likeness (QED) is 0.311. The normalized spacial score (nSPS) is 13.9. The summed E-state index contributed by atoms with van der Waals surface area (Å²) in [5, 5.41) is 12.4. The van der Waals surface area contributed by atoms with Crippen LogP contribution in [0.3, 0.4) is 0 Å². The van der Waals surface area contributed by atoms with E-state index < -0.39 is 17.1 Å². The maximum atomic E-state index is 12.7. The zero-order chi connectivity index (χ0) is 28.8. The van der Waals surface area contributed by atoms with Crippen molar-refractivity contribution in [2.24, 2.45) is 0 Å². The molecule has 1 aliphatic rings. The van der Waals surface area contributed by atoms with Gasteiger partial charge in [0.2, 0.25) is 0 Å². The second kappa shape index (κ2) is 12.8. The minimum absolute atomic E-state index is 0.218. The van der Waals surface area contributed by atoms with Crippen molar-refractivity contribution in [2.45, 2.75) is 53.1 Å². The number of carboxylic acid groups (broad SMARTS) is 1. The van der Waals surface area contributed by atoms with E-state index in [0.29, 0.717) is 25.3 Å². The summed E-state index contributed by atoms with van der Waals surface area (Å²) < 4.78 is 3.04. The number of nitrogens with one attached hydrogen (secondary N) is 2. The Hall–Kier alpha value is -4.12. The fraction of sp³-hybridized carbons (Fsp3) is 0.448. The largest absolute Gasteiger partial charge is 0.477 e. The van der Waals surface area contributed by atoms with Crippen LogP contribution >= 0.6 is 0 Å². The molecule has 40 heavy (non-hydrogen) atoms. The molecule has 3 heterocycles. The first-order valence-corrected chi connectivity index (χ1v) is 13.9. The molecule has 0 bridgehead atoms. The molecule has 4 rings (SSSR count). The number of carbonyl (C=O) groups is 1. The number of unbranched alkanes of at least 4 members (excludes halogenated alkanes) is 1. The predicted molar refractivity (Wildman–Crippen MR) is 156 cm³/mol. The number of rotatable bonds is 11. The number of aryl methyl sites for hydroxylation is 3. The molecule has 11 nitrogen and oxygen atoms in total. The minimum Gasteiger partial charge on any atom is -0.477 e. The highest BCUT2D eigenvalue weighted by atomic mass is 16.4. The maximum Gasteiger partial charge on any atom is 0.341 e. The highest BCUT2D eigenvalue weighted by Crippen LogP contribution is 2.19. The van der Waals surface area contributed by atoms with E-state index in [1.807, 2.05) is 25.1 Å². The van der Waals surface area contributed by atoms with E-state index >= 15 is 0 Å². The van der Waals surface area contributed by atoms with E-state index in [1.165, 1.54) is 34.0 Å². The first-order valence-electron chi connectivity index (χ1n) is 13.9. The summed E-state index contributed by atoms with van der Waals surface area (Å²) in [6.45, 7) is 10.9. The van der Waals surface area contributed by atoms with Gasteiger partial charge < -0.3 is 19.9 Å². The summed E-state index contributed by atoms with van der Waals surface area (Å²) in [5.74, 6) is -0.101. The zero-order valence-electron chi connectivity index (χ0n) is 23.4. The number of aromatic nitrogens is 3. The fourth-order valence-corrected chi connectivity index (χ4v) is 5.14. The summed E-state index contributed by atoms with van der Waals surface area (Å²) in [7, 11) is 0. The molecule has 11 heteroatoms. The molecule has 0 saturated carbocycles. The van der Waals surface area contributed by atoms with Gasteiger partial charge in [-0.15, -0.1) is 0 Å². The number of benzene rings is 1. The number of hydrogen-bond donors (Lipinski definition) is 3. The standard InChI is InChI=1S/C29H38N6O5/c1-4-21-16-22(9-8-20(21)3)30-25-18-27(37)35(29(40)31-25)11-7-6-10-32-12-14-34(15-13-32)26-17-24(36)23(28(38)39)19-33(26)5-2/h8-9,16-19,30H,4-7,10-15H2,1-3H3,(H,31,40)(H,38,39). The molecule has 3 N–H and O–H groups in total.